The van der Waals surface area contributed by atoms with Crippen LogP contribution in [0.2, 0.25) is 5.02 Å². The highest BCUT2D eigenvalue weighted by atomic mass is 35.5. The van der Waals surface area contributed by atoms with Crippen LogP contribution in [0.5, 0.6) is 0 Å². The second-order valence-corrected chi connectivity index (χ2v) is 7.47. The molecule has 3 aromatic heterocycles. The Bertz CT molecular complexity index is 1210. The lowest BCUT2D eigenvalue weighted by Gasteiger charge is -2.15. The number of amides is 1. The van der Waals surface area contributed by atoms with Crippen LogP contribution in [0.1, 0.15) is 12.5 Å². The van der Waals surface area contributed by atoms with Crippen LogP contribution in [-0.2, 0) is 11.2 Å². The molecule has 0 aliphatic rings. The normalized spacial score (nSPS) is 12.0. The van der Waals surface area contributed by atoms with E-state index in [1.165, 1.54) is 6.20 Å². The van der Waals surface area contributed by atoms with Crippen LogP contribution < -0.4 is 10.6 Å². The van der Waals surface area contributed by atoms with Crippen molar-refractivity contribution in [2.24, 2.45) is 0 Å². The minimum atomic E-state index is -0.688. The molecule has 4 aromatic rings. The number of fused-ring (bicyclic) bond motifs is 1. The molecule has 0 saturated heterocycles. The van der Waals surface area contributed by atoms with Crippen LogP contribution >= 0.6 is 11.6 Å². The van der Waals surface area contributed by atoms with Gasteiger partial charge >= 0.3 is 0 Å². The van der Waals surface area contributed by atoms with E-state index in [1.54, 1.807) is 19.2 Å². The molecule has 0 unspecified atom stereocenters. The second kappa shape index (κ2) is 9.09. The van der Waals surface area contributed by atoms with Gasteiger partial charge in [0, 0.05) is 29.9 Å². The van der Waals surface area contributed by atoms with Gasteiger partial charge in [0.2, 0.25) is 5.91 Å². The molecule has 0 radical (unpaired) electrons. The highest BCUT2D eigenvalue weighted by Gasteiger charge is 2.18. The molecule has 0 saturated carbocycles. The summed E-state index contributed by atoms with van der Waals surface area (Å²) in [5, 5.41) is 6.86. The van der Waals surface area contributed by atoms with E-state index in [9.17, 15) is 9.18 Å². The van der Waals surface area contributed by atoms with E-state index in [1.807, 2.05) is 30.3 Å². The fraction of sp³-hybridized carbons (Fsp3) is 0.182. The third-order valence-electron chi connectivity index (χ3n) is 4.78. The number of H-pyrrole nitrogens is 1. The summed E-state index contributed by atoms with van der Waals surface area (Å²) in [4.78, 5) is 28.0. The van der Waals surface area contributed by atoms with Gasteiger partial charge in [-0.05, 0) is 25.0 Å². The van der Waals surface area contributed by atoms with Gasteiger partial charge in [-0.2, -0.15) is 0 Å². The Hall–Kier alpha value is -3.52. The van der Waals surface area contributed by atoms with Gasteiger partial charge in [0.05, 0.1) is 11.2 Å². The molecule has 3 N–H and O–H groups in total. The summed E-state index contributed by atoms with van der Waals surface area (Å²) < 4.78 is 14.3. The molecule has 0 aliphatic heterocycles. The molecule has 1 amide bonds. The first-order valence-corrected chi connectivity index (χ1v) is 10.1. The average molecular weight is 439 g/mol. The molecule has 0 bridgehead atoms. The summed E-state index contributed by atoms with van der Waals surface area (Å²) in [6, 6.07) is 10.9. The average Bonchev–Trinajstić information content (AvgIpc) is 3.19. The molecule has 0 fully saturated rings. The number of halogens is 2. The van der Waals surface area contributed by atoms with Gasteiger partial charge < -0.3 is 15.6 Å². The van der Waals surface area contributed by atoms with Crippen LogP contribution in [0.3, 0.4) is 0 Å². The molecule has 9 heteroatoms. The fourth-order valence-electron chi connectivity index (χ4n) is 3.16. The first-order valence-electron chi connectivity index (χ1n) is 9.75. The van der Waals surface area contributed by atoms with Crippen molar-refractivity contribution in [1.29, 1.82) is 0 Å². The number of hydrogen-bond acceptors (Lipinski definition) is 5. The Balaban J connectivity index is 1.45. The highest BCUT2D eigenvalue weighted by Crippen LogP contribution is 2.28. The lowest BCUT2D eigenvalue weighted by Crippen LogP contribution is -2.38. The molecule has 3 heterocycles. The molecule has 7 nitrogen and oxygen atoms in total. The lowest BCUT2D eigenvalue weighted by atomic mass is 10.1. The largest absolute Gasteiger partial charge is 0.356 e. The Labute approximate surface area is 183 Å². The van der Waals surface area contributed by atoms with Crippen LogP contribution in [-0.4, -0.2) is 38.4 Å². The number of carbonyl (C=O) groups is 1. The lowest BCUT2D eigenvalue weighted by molar-refractivity contribution is -0.121. The Kier molecular flexibility index (Phi) is 6.08. The maximum absolute atomic E-state index is 14.3. The SMILES string of the molecule is C[C@H](Nc1nc(-c2c[nH]c3ncc(Cl)cc23)ncc1F)C(=O)NCCc1ccccc1. The smallest absolute Gasteiger partial charge is 0.242 e. The molecule has 1 atom stereocenters. The van der Waals surface area contributed by atoms with Crippen molar-refractivity contribution in [3.8, 4) is 11.4 Å². The second-order valence-electron chi connectivity index (χ2n) is 7.03. The maximum atomic E-state index is 14.3. The zero-order valence-electron chi connectivity index (χ0n) is 16.7. The van der Waals surface area contributed by atoms with Crippen molar-refractivity contribution in [2.45, 2.75) is 19.4 Å². The number of anilines is 1. The number of nitrogens with one attached hydrogen (secondary N) is 3. The first kappa shape index (κ1) is 20.7. The van der Waals surface area contributed by atoms with E-state index in [-0.39, 0.29) is 17.5 Å². The Morgan fingerprint density at radius 3 is 2.84 bits per heavy atom. The summed E-state index contributed by atoms with van der Waals surface area (Å²) >= 11 is 6.04. The van der Waals surface area contributed by atoms with Crippen molar-refractivity contribution in [1.82, 2.24) is 25.3 Å². The van der Waals surface area contributed by atoms with Crippen LogP contribution in [0.25, 0.3) is 22.4 Å². The number of nitrogens with zero attached hydrogens (tertiary/aromatic N) is 3. The van der Waals surface area contributed by atoms with Gasteiger partial charge in [0.15, 0.2) is 17.5 Å². The predicted molar refractivity (Wildman–Crippen MR) is 118 cm³/mol. The van der Waals surface area contributed by atoms with Crippen LogP contribution in [0.15, 0.2) is 55.0 Å². The maximum Gasteiger partial charge on any atom is 0.242 e. The van der Waals surface area contributed by atoms with E-state index in [4.69, 9.17) is 11.6 Å². The third kappa shape index (κ3) is 4.80. The van der Waals surface area contributed by atoms with Gasteiger partial charge in [-0.3, -0.25) is 4.79 Å². The minimum Gasteiger partial charge on any atom is -0.356 e. The first-order chi connectivity index (χ1) is 15.0. The topological polar surface area (TPSA) is 95.6 Å². The predicted octanol–water partition coefficient (Wildman–Crippen LogP) is 3.97. The summed E-state index contributed by atoms with van der Waals surface area (Å²) in [6.07, 6.45) is 5.00. The van der Waals surface area contributed by atoms with E-state index in [2.05, 4.69) is 30.6 Å². The number of hydrogen-bond donors (Lipinski definition) is 3. The van der Waals surface area contributed by atoms with Crippen molar-refractivity contribution in [3.05, 3.63) is 71.4 Å². The van der Waals surface area contributed by atoms with E-state index < -0.39 is 11.9 Å². The van der Waals surface area contributed by atoms with Gasteiger partial charge in [0.1, 0.15) is 11.7 Å². The van der Waals surface area contributed by atoms with Crippen molar-refractivity contribution in [3.63, 3.8) is 0 Å². The van der Waals surface area contributed by atoms with E-state index >= 15 is 0 Å². The van der Waals surface area contributed by atoms with Crippen molar-refractivity contribution >= 4 is 34.4 Å². The molecule has 0 aliphatic carbocycles. The van der Waals surface area contributed by atoms with Crippen molar-refractivity contribution < 1.29 is 9.18 Å². The molecule has 4 rings (SSSR count). The number of aromatic amines is 1. The summed E-state index contributed by atoms with van der Waals surface area (Å²) in [7, 11) is 0. The van der Waals surface area contributed by atoms with E-state index in [0.717, 1.165) is 17.1 Å². The summed E-state index contributed by atoms with van der Waals surface area (Å²) in [5.74, 6) is -0.668. The Morgan fingerprint density at radius 1 is 1.23 bits per heavy atom. The van der Waals surface area contributed by atoms with Gasteiger partial charge in [-0.1, -0.05) is 41.9 Å². The highest BCUT2D eigenvalue weighted by molar-refractivity contribution is 6.31. The number of aromatic nitrogens is 4. The number of rotatable bonds is 7. The number of pyridine rings is 1. The van der Waals surface area contributed by atoms with Crippen molar-refractivity contribution in [2.75, 3.05) is 11.9 Å². The monoisotopic (exact) mass is 438 g/mol. The van der Waals surface area contributed by atoms with Gasteiger partial charge in [0.25, 0.3) is 0 Å². The molecular formula is C22H20ClFN6O. The molecule has 0 spiro atoms. The standard InChI is InChI=1S/C22H20ClFN6O/c1-13(22(31)25-8-7-14-5-3-2-4-6-14)29-21-18(24)12-28-20(30-21)17-11-27-19-16(17)9-15(23)10-26-19/h2-6,9-13H,7-8H2,1H3,(H,25,31)(H,26,27)(H,28,29,30)/t13-/m0/s1. The van der Waals surface area contributed by atoms with Crippen LogP contribution in [0, 0.1) is 5.82 Å². The Morgan fingerprint density at radius 2 is 2.03 bits per heavy atom. The third-order valence-corrected chi connectivity index (χ3v) is 4.99. The fourth-order valence-corrected chi connectivity index (χ4v) is 3.32. The molecular weight excluding hydrogens is 419 g/mol. The molecule has 1 aromatic carbocycles. The summed E-state index contributed by atoms with van der Waals surface area (Å²) in [6.45, 7) is 2.13. The zero-order valence-corrected chi connectivity index (χ0v) is 17.4. The number of benzene rings is 1. The van der Waals surface area contributed by atoms with Crippen LogP contribution in [0.4, 0.5) is 10.2 Å². The van der Waals surface area contributed by atoms with E-state index in [0.29, 0.717) is 29.2 Å². The minimum absolute atomic E-state index is 0.0555. The quantitative estimate of drug-likeness (QED) is 0.405. The number of carbonyl (C=O) groups excluding carboxylic acids is 1. The molecule has 158 valence electrons. The van der Waals surface area contributed by atoms with Gasteiger partial charge in [-0.25, -0.2) is 19.3 Å². The van der Waals surface area contributed by atoms with Gasteiger partial charge in [-0.15, -0.1) is 0 Å². The molecule has 31 heavy (non-hydrogen) atoms. The summed E-state index contributed by atoms with van der Waals surface area (Å²) in [5.41, 5.74) is 2.38. The zero-order chi connectivity index (χ0) is 21.8.